The molecule has 2 aromatic carbocycles. The van der Waals surface area contributed by atoms with E-state index in [-0.39, 0.29) is 23.8 Å². The molecule has 0 fully saturated rings. The zero-order valence-electron chi connectivity index (χ0n) is 14.3. The van der Waals surface area contributed by atoms with Gasteiger partial charge in [0.1, 0.15) is 23.1 Å². The van der Waals surface area contributed by atoms with E-state index in [2.05, 4.69) is 4.98 Å². The third kappa shape index (κ3) is 3.19. The molecule has 0 radical (unpaired) electrons. The predicted octanol–water partition coefficient (Wildman–Crippen LogP) is 3.14. The molecule has 3 aromatic rings. The minimum atomic E-state index is -0.527. The third-order valence-electron chi connectivity index (χ3n) is 3.80. The minimum absolute atomic E-state index is 0.0700. The standard InChI is InChI=1S/C19H18N2O5/c1-3-26-19(24)16-11-20-18(15-9-6-13(22)10-17(15)23)21(16)12-4-7-14(25-2)8-5-12/h4-11,22-23H,3H2,1-2H3. The summed E-state index contributed by atoms with van der Waals surface area (Å²) in [7, 11) is 1.57. The molecule has 7 heteroatoms. The number of phenolic OH excluding ortho intramolecular Hbond substituents is 2. The van der Waals surface area contributed by atoms with Gasteiger partial charge in [-0.05, 0) is 43.3 Å². The van der Waals surface area contributed by atoms with Crippen molar-refractivity contribution >= 4 is 5.97 Å². The zero-order chi connectivity index (χ0) is 18.7. The molecule has 1 heterocycles. The quantitative estimate of drug-likeness (QED) is 0.684. The normalized spacial score (nSPS) is 10.5. The summed E-state index contributed by atoms with van der Waals surface area (Å²) in [5.74, 6) is 0.261. The van der Waals surface area contributed by atoms with Gasteiger partial charge in [0.25, 0.3) is 0 Å². The number of methoxy groups -OCH3 is 1. The maximum atomic E-state index is 12.3. The first-order chi connectivity index (χ1) is 12.5. The Morgan fingerprint density at radius 2 is 1.88 bits per heavy atom. The summed E-state index contributed by atoms with van der Waals surface area (Å²) in [6, 6.07) is 11.2. The highest BCUT2D eigenvalue weighted by molar-refractivity contribution is 5.89. The number of benzene rings is 2. The molecule has 0 amide bonds. The number of hydrogen-bond donors (Lipinski definition) is 2. The number of hydrogen-bond acceptors (Lipinski definition) is 6. The minimum Gasteiger partial charge on any atom is -0.508 e. The van der Waals surface area contributed by atoms with Gasteiger partial charge in [-0.1, -0.05) is 0 Å². The summed E-state index contributed by atoms with van der Waals surface area (Å²) in [5, 5.41) is 19.7. The average Bonchev–Trinajstić information content (AvgIpc) is 3.07. The van der Waals surface area contributed by atoms with Crippen LogP contribution in [0.25, 0.3) is 17.1 Å². The summed E-state index contributed by atoms with van der Waals surface area (Å²) in [4.78, 5) is 16.6. The molecule has 0 bridgehead atoms. The summed E-state index contributed by atoms with van der Waals surface area (Å²) < 4.78 is 11.9. The fourth-order valence-electron chi connectivity index (χ4n) is 2.59. The predicted molar refractivity (Wildman–Crippen MR) is 94.8 cm³/mol. The lowest BCUT2D eigenvalue weighted by Crippen LogP contribution is -2.11. The molecule has 3 rings (SSSR count). The average molecular weight is 354 g/mol. The molecule has 26 heavy (non-hydrogen) atoms. The lowest BCUT2D eigenvalue weighted by Gasteiger charge is -2.13. The van der Waals surface area contributed by atoms with Crippen LogP contribution >= 0.6 is 0 Å². The van der Waals surface area contributed by atoms with Crippen LogP contribution in [0.3, 0.4) is 0 Å². The number of carbonyl (C=O) groups is 1. The van der Waals surface area contributed by atoms with E-state index in [1.54, 1.807) is 42.9 Å². The van der Waals surface area contributed by atoms with E-state index in [1.165, 1.54) is 24.4 Å². The number of nitrogens with zero attached hydrogens (tertiary/aromatic N) is 2. The topological polar surface area (TPSA) is 93.8 Å². The number of aromatic hydroxyl groups is 2. The van der Waals surface area contributed by atoms with Crippen molar-refractivity contribution in [1.29, 1.82) is 0 Å². The zero-order valence-corrected chi connectivity index (χ0v) is 14.3. The molecule has 2 N–H and O–H groups in total. The highest BCUT2D eigenvalue weighted by Crippen LogP contribution is 2.33. The first-order valence-corrected chi connectivity index (χ1v) is 7.96. The largest absolute Gasteiger partial charge is 0.508 e. The summed E-state index contributed by atoms with van der Waals surface area (Å²) in [6.07, 6.45) is 1.39. The van der Waals surface area contributed by atoms with Crippen molar-refractivity contribution in [3.8, 4) is 34.3 Å². The molecule has 0 atom stereocenters. The van der Waals surface area contributed by atoms with Crippen LogP contribution in [0.15, 0.2) is 48.7 Å². The highest BCUT2D eigenvalue weighted by atomic mass is 16.5. The van der Waals surface area contributed by atoms with E-state index in [0.29, 0.717) is 22.8 Å². The Bertz CT molecular complexity index is 932. The molecule has 134 valence electrons. The van der Waals surface area contributed by atoms with Crippen LogP contribution in [0.1, 0.15) is 17.4 Å². The summed E-state index contributed by atoms with van der Waals surface area (Å²) >= 11 is 0. The highest BCUT2D eigenvalue weighted by Gasteiger charge is 2.21. The fourth-order valence-corrected chi connectivity index (χ4v) is 2.59. The number of aromatic nitrogens is 2. The third-order valence-corrected chi connectivity index (χ3v) is 3.80. The molecular formula is C19H18N2O5. The molecule has 0 aliphatic rings. The second-order valence-electron chi connectivity index (χ2n) is 5.42. The van der Waals surface area contributed by atoms with Crippen molar-refractivity contribution in [2.75, 3.05) is 13.7 Å². The van der Waals surface area contributed by atoms with E-state index in [9.17, 15) is 15.0 Å². The monoisotopic (exact) mass is 354 g/mol. The van der Waals surface area contributed by atoms with Gasteiger partial charge in [-0.25, -0.2) is 9.78 Å². The van der Waals surface area contributed by atoms with Gasteiger partial charge in [-0.2, -0.15) is 0 Å². The van der Waals surface area contributed by atoms with E-state index in [1.807, 2.05) is 0 Å². The van der Waals surface area contributed by atoms with Crippen molar-refractivity contribution in [1.82, 2.24) is 9.55 Å². The molecule has 0 saturated carbocycles. The van der Waals surface area contributed by atoms with Gasteiger partial charge in [0.05, 0.1) is 25.5 Å². The van der Waals surface area contributed by atoms with Crippen molar-refractivity contribution in [2.45, 2.75) is 6.92 Å². The number of esters is 1. The first-order valence-electron chi connectivity index (χ1n) is 7.96. The number of ether oxygens (including phenoxy) is 2. The maximum absolute atomic E-state index is 12.3. The Balaban J connectivity index is 2.19. The first kappa shape index (κ1) is 17.3. The van der Waals surface area contributed by atoms with E-state index >= 15 is 0 Å². The van der Waals surface area contributed by atoms with Gasteiger partial charge in [0.2, 0.25) is 0 Å². The Hall–Kier alpha value is -3.48. The van der Waals surface area contributed by atoms with Crippen LogP contribution < -0.4 is 4.74 Å². The van der Waals surface area contributed by atoms with Crippen LogP contribution in [0.4, 0.5) is 0 Å². The van der Waals surface area contributed by atoms with Crippen LogP contribution in [0.5, 0.6) is 17.2 Å². The van der Waals surface area contributed by atoms with Gasteiger partial charge in [-0.3, -0.25) is 4.57 Å². The second-order valence-corrected chi connectivity index (χ2v) is 5.42. The van der Waals surface area contributed by atoms with Crippen LogP contribution in [-0.2, 0) is 4.74 Å². The lowest BCUT2D eigenvalue weighted by molar-refractivity contribution is 0.0517. The second kappa shape index (κ2) is 7.18. The number of phenols is 2. The Labute approximate surface area is 150 Å². The maximum Gasteiger partial charge on any atom is 0.356 e. The number of rotatable bonds is 5. The number of imidazole rings is 1. The molecule has 0 aliphatic heterocycles. The lowest BCUT2D eigenvalue weighted by atomic mass is 10.1. The Morgan fingerprint density at radius 1 is 1.15 bits per heavy atom. The fraction of sp³-hybridized carbons (Fsp3) is 0.158. The van der Waals surface area contributed by atoms with Gasteiger partial charge < -0.3 is 19.7 Å². The van der Waals surface area contributed by atoms with Gasteiger partial charge in [0, 0.05) is 11.8 Å². The van der Waals surface area contributed by atoms with Gasteiger partial charge in [0.15, 0.2) is 5.69 Å². The SMILES string of the molecule is CCOC(=O)c1cnc(-c2ccc(O)cc2O)n1-c1ccc(OC)cc1. The molecule has 7 nitrogen and oxygen atoms in total. The van der Waals surface area contributed by atoms with Crippen molar-refractivity contribution in [3.63, 3.8) is 0 Å². The van der Waals surface area contributed by atoms with Crippen LogP contribution in [0, 0.1) is 0 Å². The van der Waals surface area contributed by atoms with Crippen molar-refractivity contribution in [3.05, 3.63) is 54.4 Å². The van der Waals surface area contributed by atoms with Gasteiger partial charge in [-0.15, -0.1) is 0 Å². The number of carbonyl (C=O) groups excluding carboxylic acids is 1. The van der Waals surface area contributed by atoms with Crippen molar-refractivity contribution in [2.24, 2.45) is 0 Å². The van der Waals surface area contributed by atoms with Crippen LogP contribution in [0.2, 0.25) is 0 Å². The molecular weight excluding hydrogens is 336 g/mol. The van der Waals surface area contributed by atoms with E-state index in [4.69, 9.17) is 9.47 Å². The summed E-state index contributed by atoms with van der Waals surface area (Å²) in [5.41, 5.74) is 1.24. The molecule has 0 aliphatic carbocycles. The molecule has 0 unspecified atom stereocenters. The Morgan fingerprint density at radius 3 is 2.50 bits per heavy atom. The molecule has 1 aromatic heterocycles. The molecule has 0 spiro atoms. The van der Waals surface area contributed by atoms with E-state index < -0.39 is 5.97 Å². The molecule has 0 saturated heterocycles. The summed E-state index contributed by atoms with van der Waals surface area (Å²) in [6.45, 7) is 1.95. The van der Waals surface area contributed by atoms with Crippen molar-refractivity contribution < 1.29 is 24.5 Å². The Kier molecular flexibility index (Phi) is 4.79. The van der Waals surface area contributed by atoms with Crippen LogP contribution in [-0.4, -0.2) is 39.5 Å². The smallest absolute Gasteiger partial charge is 0.356 e. The van der Waals surface area contributed by atoms with E-state index in [0.717, 1.165) is 0 Å². The van der Waals surface area contributed by atoms with Gasteiger partial charge >= 0.3 is 5.97 Å².